The Bertz CT molecular complexity index is 530. The summed E-state index contributed by atoms with van der Waals surface area (Å²) in [5.41, 5.74) is -0.722. The molecule has 3 rings (SSSR count). The normalized spacial score (nSPS) is 35.4. The molecule has 0 aromatic carbocycles. The van der Waals surface area contributed by atoms with Crippen molar-refractivity contribution in [3.63, 3.8) is 0 Å². The zero-order valence-corrected chi connectivity index (χ0v) is 14.2. The number of carbonyl (C=O) groups excluding carboxylic acids is 2. The molecule has 0 spiro atoms. The van der Waals surface area contributed by atoms with Gasteiger partial charge in [-0.15, -0.1) is 0 Å². The second-order valence-corrected chi connectivity index (χ2v) is 7.63. The standard InChI is InChI=1S/C17H27N3O4/c1-11(21)18-13-4-6-14(7-5-13)19-16(24)20-9-12-3-2-8-17(12,10-20)15(22)23/h12-14H,2-10H2,1H3,(H,18,21)(H,19,24)(H,22,23)/t12-,13?,14?,17+/m0/s1. The minimum atomic E-state index is -0.754. The average molecular weight is 337 g/mol. The predicted molar refractivity (Wildman–Crippen MR) is 87.4 cm³/mol. The number of nitrogens with zero attached hydrogens (tertiary/aromatic N) is 1. The number of hydrogen-bond acceptors (Lipinski definition) is 3. The van der Waals surface area contributed by atoms with Crippen molar-refractivity contribution in [1.82, 2.24) is 15.5 Å². The lowest BCUT2D eigenvalue weighted by Crippen LogP contribution is -2.48. The molecule has 3 aliphatic rings. The maximum absolute atomic E-state index is 12.5. The number of carboxylic acid groups (broad SMARTS) is 1. The van der Waals surface area contributed by atoms with E-state index in [0.717, 1.165) is 38.5 Å². The third-order valence-corrected chi connectivity index (χ3v) is 6.05. The molecule has 0 aromatic heterocycles. The first-order valence-electron chi connectivity index (χ1n) is 8.96. The summed E-state index contributed by atoms with van der Waals surface area (Å²) in [6.07, 6.45) is 5.95. The van der Waals surface area contributed by atoms with Crippen molar-refractivity contribution in [2.24, 2.45) is 11.3 Å². The molecule has 0 bridgehead atoms. The van der Waals surface area contributed by atoms with Crippen LogP contribution in [0.2, 0.25) is 0 Å². The van der Waals surface area contributed by atoms with Crippen LogP contribution >= 0.6 is 0 Å². The third-order valence-electron chi connectivity index (χ3n) is 6.05. The first-order valence-corrected chi connectivity index (χ1v) is 8.96. The van der Waals surface area contributed by atoms with Gasteiger partial charge in [0.1, 0.15) is 0 Å². The van der Waals surface area contributed by atoms with Crippen LogP contribution in [0.3, 0.4) is 0 Å². The maximum atomic E-state index is 12.5. The fourth-order valence-electron chi connectivity index (χ4n) is 4.73. The van der Waals surface area contributed by atoms with Crippen molar-refractivity contribution >= 4 is 17.9 Å². The van der Waals surface area contributed by atoms with Crippen molar-refractivity contribution in [3.8, 4) is 0 Å². The van der Waals surface area contributed by atoms with E-state index in [1.165, 1.54) is 6.92 Å². The summed E-state index contributed by atoms with van der Waals surface area (Å²) in [4.78, 5) is 37.0. The largest absolute Gasteiger partial charge is 0.481 e. The van der Waals surface area contributed by atoms with E-state index in [0.29, 0.717) is 19.5 Å². The third kappa shape index (κ3) is 3.21. The zero-order chi connectivity index (χ0) is 17.3. The number of likely N-dealkylation sites (tertiary alicyclic amines) is 1. The summed E-state index contributed by atoms with van der Waals surface area (Å²) >= 11 is 0. The molecule has 2 aliphatic carbocycles. The van der Waals surface area contributed by atoms with Crippen LogP contribution in [0.5, 0.6) is 0 Å². The maximum Gasteiger partial charge on any atom is 0.317 e. The van der Waals surface area contributed by atoms with Gasteiger partial charge in [0.25, 0.3) is 0 Å². The highest BCUT2D eigenvalue weighted by Gasteiger charge is 2.55. The van der Waals surface area contributed by atoms with Crippen molar-refractivity contribution in [3.05, 3.63) is 0 Å². The summed E-state index contributed by atoms with van der Waals surface area (Å²) < 4.78 is 0. The van der Waals surface area contributed by atoms with Crippen LogP contribution in [-0.2, 0) is 9.59 Å². The quantitative estimate of drug-likeness (QED) is 0.723. The number of nitrogens with one attached hydrogen (secondary N) is 2. The van der Waals surface area contributed by atoms with E-state index in [4.69, 9.17) is 0 Å². The van der Waals surface area contributed by atoms with Gasteiger partial charge >= 0.3 is 12.0 Å². The average Bonchev–Trinajstić information content (AvgIpc) is 3.06. The fourth-order valence-corrected chi connectivity index (χ4v) is 4.73. The van der Waals surface area contributed by atoms with Gasteiger partial charge in [0.15, 0.2) is 0 Å². The van der Waals surface area contributed by atoms with Crippen molar-refractivity contribution in [1.29, 1.82) is 0 Å². The summed E-state index contributed by atoms with van der Waals surface area (Å²) in [5.74, 6) is -0.669. The van der Waals surface area contributed by atoms with Crippen LogP contribution in [0.25, 0.3) is 0 Å². The number of carbonyl (C=O) groups is 3. The Hall–Kier alpha value is -1.79. The molecule has 7 heteroatoms. The molecule has 1 heterocycles. The van der Waals surface area contributed by atoms with Crippen LogP contribution < -0.4 is 10.6 Å². The summed E-state index contributed by atoms with van der Waals surface area (Å²) in [5, 5.41) is 15.6. The van der Waals surface area contributed by atoms with E-state index in [9.17, 15) is 19.5 Å². The second-order valence-electron chi connectivity index (χ2n) is 7.63. The van der Waals surface area contributed by atoms with Gasteiger partial charge in [-0.2, -0.15) is 0 Å². The molecule has 0 radical (unpaired) electrons. The molecule has 3 amide bonds. The van der Waals surface area contributed by atoms with E-state index in [-0.39, 0.29) is 29.9 Å². The van der Waals surface area contributed by atoms with E-state index >= 15 is 0 Å². The van der Waals surface area contributed by atoms with Crippen molar-refractivity contribution in [2.75, 3.05) is 13.1 Å². The number of amides is 3. The van der Waals surface area contributed by atoms with Gasteiger partial charge in [-0.3, -0.25) is 9.59 Å². The SMILES string of the molecule is CC(=O)NC1CCC(NC(=O)N2C[C@@H]3CCC[C@@]3(C(=O)O)C2)CC1. The topological polar surface area (TPSA) is 98.7 Å². The van der Waals surface area contributed by atoms with Crippen molar-refractivity contribution < 1.29 is 19.5 Å². The highest BCUT2D eigenvalue weighted by molar-refractivity contribution is 5.80. The number of carboxylic acids is 1. The Morgan fingerprint density at radius 1 is 1.04 bits per heavy atom. The lowest BCUT2D eigenvalue weighted by molar-refractivity contribution is -0.149. The minimum absolute atomic E-state index is 0.00920. The highest BCUT2D eigenvalue weighted by atomic mass is 16.4. The summed E-state index contributed by atoms with van der Waals surface area (Å²) in [7, 11) is 0. The van der Waals surface area contributed by atoms with Gasteiger partial charge in [-0.25, -0.2) is 4.79 Å². The zero-order valence-electron chi connectivity index (χ0n) is 14.2. The Morgan fingerprint density at radius 2 is 1.67 bits per heavy atom. The molecular formula is C17H27N3O4. The van der Waals surface area contributed by atoms with Gasteiger partial charge in [-0.05, 0) is 44.4 Å². The van der Waals surface area contributed by atoms with Crippen LogP contribution in [0.4, 0.5) is 4.79 Å². The molecule has 3 N–H and O–H groups in total. The first kappa shape index (κ1) is 17.0. The van der Waals surface area contributed by atoms with Gasteiger partial charge in [0.2, 0.25) is 5.91 Å². The molecule has 0 unspecified atom stereocenters. The summed E-state index contributed by atoms with van der Waals surface area (Å²) in [6, 6.07) is 0.189. The lowest BCUT2D eigenvalue weighted by Gasteiger charge is -2.31. The molecule has 1 saturated heterocycles. The molecule has 1 aliphatic heterocycles. The van der Waals surface area contributed by atoms with Gasteiger partial charge in [-0.1, -0.05) is 6.42 Å². The number of fused-ring (bicyclic) bond motifs is 1. The molecule has 7 nitrogen and oxygen atoms in total. The predicted octanol–water partition coefficient (Wildman–Crippen LogP) is 1.33. The Balaban J connectivity index is 1.50. The number of hydrogen-bond donors (Lipinski definition) is 3. The Labute approximate surface area is 142 Å². The smallest absolute Gasteiger partial charge is 0.317 e. The van der Waals surface area contributed by atoms with E-state index in [2.05, 4.69) is 10.6 Å². The molecular weight excluding hydrogens is 310 g/mol. The van der Waals surface area contributed by atoms with Crippen molar-refractivity contribution in [2.45, 2.75) is 64.0 Å². The molecule has 2 atom stereocenters. The Morgan fingerprint density at radius 3 is 2.21 bits per heavy atom. The van der Waals surface area contributed by atoms with Crippen LogP contribution in [0.1, 0.15) is 51.9 Å². The fraction of sp³-hybridized carbons (Fsp3) is 0.824. The lowest BCUT2D eigenvalue weighted by atomic mass is 9.81. The second kappa shape index (κ2) is 6.61. The molecule has 134 valence electrons. The van der Waals surface area contributed by atoms with E-state index < -0.39 is 11.4 Å². The molecule has 2 saturated carbocycles. The van der Waals surface area contributed by atoms with Crippen LogP contribution in [0, 0.1) is 11.3 Å². The highest BCUT2D eigenvalue weighted by Crippen LogP contribution is 2.48. The number of rotatable bonds is 3. The monoisotopic (exact) mass is 337 g/mol. The minimum Gasteiger partial charge on any atom is -0.481 e. The van der Waals surface area contributed by atoms with Crippen LogP contribution in [-0.4, -0.2) is 53.1 Å². The van der Waals surface area contributed by atoms with Gasteiger partial charge in [0, 0.05) is 32.1 Å². The summed E-state index contributed by atoms with van der Waals surface area (Å²) in [6.45, 7) is 2.41. The molecule has 24 heavy (non-hydrogen) atoms. The molecule has 3 fully saturated rings. The van der Waals surface area contributed by atoms with E-state index in [1.807, 2.05) is 0 Å². The van der Waals surface area contributed by atoms with Gasteiger partial charge in [0.05, 0.1) is 5.41 Å². The van der Waals surface area contributed by atoms with E-state index in [1.54, 1.807) is 4.90 Å². The van der Waals surface area contributed by atoms with Gasteiger partial charge < -0.3 is 20.6 Å². The van der Waals surface area contributed by atoms with Crippen LogP contribution in [0.15, 0.2) is 0 Å². The Kier molecular flexibility index (Phi) is 4.69. The number of aliphatic carboxylic acids is 1. The molecule has 0 aromatic rings. The first-order chi connectivity index (χ1) is 11.4. The number of urea groups is 1.